The first-order chi connectivity index (χ1) is 28.1. The second-order valence-electron chi connectivity index (χ2n) is 18.0. The Bertz CT molecular complexity index is 3300. The van der Waals surface area contributed by atoms with Crippen LogP contribution in [0.25, 0.3) is 87.2 Å². The minimum absolute atomic E-state index is 1.27. The molecule has 15 heteroatoms. The first-order valence-electron chi connectivity index (χ1n) is 21.6. The van der Waals surface area contributed by atoms with Gasteiger partial charge in [0.1, 0.15) is 118 Å². The van der Waals surface area contributed by atoms with Crippen LogP contribution in [0, 0.1) is 0 Å². The lowest BCUT2D eigenvalue weighted by Gasteiger charge is -2.31. The van der Waals surface area contributed by atoms with Gasteiger partial charge < -0.3 is 0 Å². The minimum atomic E-state index is 1.27. The first-order valence-corrected chi connectivity index (χ1v) is 21.6. The lowest BCUT2D eigenvalue weighted by molar-refractivity contribution is 1.68. The van der Waals surface area contributed by atoms with E-state index in [9.17, 15) is 0 Å². The maximum absolute atomic E-state index is 2.46. The van der Waals surface area contributed by atoms with Gasteiger partial charge >= 0.3 is 0 Å². The van der Waals surface area contributed by atoms with E-state index < -0.39 is 0 Å². The standard InChI is InChI=1S/C44H43B15/c45-30-23-21(20-13-12-19(17-9-3-4-10-18(17)20)16-11-5-7-14-6-1-2-8-15(14)16)24-26(34(49)42(57)40(55)31(24)46)22(25(23)33(48)41(56)39(30)54)27-28-29(36(51)38(53)32(27)47)37(52)44(59)43(58)35(28)50/h1-13H,45-59H2. The van der Waals surface area contributed by atoms with Crippen molar-refractivity contribution in [2.45, 2.75) is 0 Å². The van der Waals surface area contributed by atoms with Gasteiger partial charge in [0.25, 0.3) is 0 Å². The van der Waals surface area contributed by atoms with Crippen molar-refractivity contribution in [3.05, 3.63) is 78.9 Å². The largest absolute Gasteiger partial charge is 0.139 e. The van der Waals surface area contributed by atoms with E-state index in [1.54, 1.807) is 0 Å². The van der Waals surface area contributed by atoms with Crippen LogP contribution in [0.15, 0.2) is 78.9 Å². The number of fused-ring (bicyclic) bond motifs is 5. The molecule has 0 atom stereocenters. The fourth-order valence-corrected chi connectivity index (χ4v) is 11.1. The van der Waals surface area contributed by atoms with Crippen molar-refractivity contribution in [2.24, 2.45) is 0 Å². The minimum Gasteiger partial charge on any atom is -0.101 e. The Morgan fingerprint density at radius 2 is 0.525 bits per heavy atom. The van der Waals surface area contributed by atoms with Crippen molar-refractivity contribution < 1.29 is 0 Å². The van der Waals surface area contributed by atoms with Crippen LogP contribution in [0.5, 0.6) is 0 Å². The molecular formula is C44H43B15. The Morgan fingerprint density at radius 3 is 1.02 bits per heavy atom. The van der Waals surface area contributed by atoms with Crippen LogP contribution in [-0.2, 0) is 0 Å². The summed E-state index contributed by atoms with van der Waals surface area (Å²) >= 11 is 0. The smallest absolute Gasteiger partial charge is 0.101 e. The molecule has 0 saturated carbocycles. The molecule has 0 aliphatic carbocycles. The van der Waals surface area contributed by atoms with Gasteiger partial charge in [-0.3, -0.25) is 0 Å². The zero-order valence-corrected chi connectivity index (χ0v) is 38.0. The van der Waals surface area contributed by atoms with Gasteiger partial charge in [-0.05, 0) is 87.2 Å². The molecule has 0 aliphatic rings. The van der Waals surface area contributed by atoms with Crippen LogP contribution in [0.3, 0.4) is 0 Å². The highest BCUT2D eigenvalue weighted by Gasteiger charge is 2.29. The van der Waals surface area contributed by atoms with Gasteiger partial charge in [0.05, 0.1) is 0 Å². The molecule has 0 N–H and O–H groups in total. The number of benzene rings is 9. The summed E-state index contributed by atoms with van der Waals surface area (Å²) in [5.74, 6) is 0. The van der Waals surface area contributed by atoms with Gasteiger partial charge in [-0.1, -0.05) is 123 Å². The predicted molar refractivity (Wildman–Crippen MR) is 313 cm³/mol. The van der Waals surface area contributed by atoms with E-state index in [-0.39, 0.29) is 0 Å². The Hall–Kier alpha value is -4.75. The van der Waals surface area contributed by atoms with Crippen molar-refractivity contribution in [1.29, 1.82) is 0 Å². The number of hydrogen-bond acceptors (Lipinski definition) is 0. The monoisotopic (exact) mass is 736 g/mol. The molecule has 0 saturated heterocycles. The molecule has 0 amide bonds. The highest BCUT2D eigenvalue weighted by atomic mass is 14.3. The van der Waals surface area contributed by atoms with E-state index in [2.05, 4.69) is 197 Å². The van der Waals surface area contributed by atoms with Gasteiger partial charge in [0.15, 0.2) is 0 Å². The van der Waals surface area contributed by atoms with E-state index in [1.807, 2.05) is 0 Å². The molecule has 9 rings (SSSR count). The fourth-order valence-electron chi connectivity index (χ4n) is 11.1. The average molecular weight is 734 g/mol. The Morgan fingerprint density at radius 1 is 0.203 bits per heavy atom. The van der Waals surface area contributed by atoms with Crippen LogP contribution in [0.1, 0.15) is 0 Å². The molecule has 0 radical (unpaired) electrons. The summed E-state index contributed by atoms with van der Waals surface area (Å²) in [4.78, 5) is 0. The Balaban J connectivity index is 1.59. The molecule has 0 nitrogen and oxygen atoms in total. The zero-order chi connectivity index (χ0) is 42.1. The van der Waals surface area contributed by atoms with Gasteiger partial charge in [0.2, 0.25) is 0 Å². The molecule has 9 aromatic rings. The molecule has 59 heavy (non-hydrogen) atoms. The predicted octanol–water partition coefficient (Wildman–Crippen LogP) is -13.7. The van der Waals surface area contributed by atoms with Crippen LogP contribution in [0.4, 0.5) is 0 Å². The maximum atomic E-state index is 2.46. The summed E-state index contributed by atoms with van der Waals surface area (Å²) in [6, 6.07) is 29.6. The summed E-state index contributed by atoms with van der Waals surface area (Å²) in [5, 5.41) is 13.6. The van der Waals surface area contributed by atoms with E-state index in [4.69, 9.17) is 0 Å². The molecule has 0 unspecified atom stereocenters. The molecule has 0 aliphatic heterocycles. The topological polar surface area (TPSA) is 0 Å². The van der Waals surface area contributed by atoms with Gasteiger partial charge in [0, 0.05) is 0 Å². The lowest BCUT2D eigenvalue weighted by Crippen LogP contribution is -2.53. The average Bonchev–Trinajstić information content (AvgIpc) is 3.25. The van der Waals surface area contributed by atoms with Crippen molar-refractivity contribution in [3.8, 4) is 33.4 Å². The molecule has 264 valence electrons. The van der Waals surface area contributed by atoms with Crippen LogP contribution < -0.4 is 81.9 Å². The molecule has 0 fully saturated rings. The van der Waals surface area contributed by atoms with Crippen LogP contribution in [-0.4, -0.2) is 118 Å². The summed E-state index contributed by atoms with van der Waals surface area (Å²) < 4.78 is 0. The Kier molecular flexibility index (Phi) is 9.54. The summed E-state index contributed by atoms with van der Waals surface area (Å²) in [5.41, 5.74) is 29.0. The molecule has 0 aromatic heterocycles. The SMILES string of the molecule is Bc1c(B)c(B)c2c(-c3c4c(B)c(B)c(B)c(B)c4c(-c4ccc(-c5cccc6ccccc56)c5ccccc45)c4c(B)c(B)c(B)c(B)c34)c(B)c(B)c(B)c2c1B. The highest BCUT2D eigenvalue weighted by Crippen LogP contribution is 2.45. The number of hydrogen-bond donors (Lipinski definition) is 0. The summed E-state index contributed by atoms with van der Waals surface area (Å²) in [6.07, 6.45) is 0. The molecule has 0 spiro atoms. The summed E-state index contributed by atoms with van der Waals surface area (Å²) in [7, 11) is 35.5. The Labute approximate surface area is 363 Å². The second-order valence-corrected chi connectivity index (χ2v) is 18.0. The van der Waals surface area contributed by atoms with Crippen molar-refractivity contribution in [1.82, 2.24) is 0 Å². The van der Waals surface area contributed by atoms with Crippen LogP contribution >= 0.6 is 0 Å². The second kappa shape index (κ2) is 14.2. The zero-order valence-electron chi connectivity index (χ0n) is 38.0. The first kappa shape index (κ1) is 39.7. The third kappa shape index (κ3) is 5.45. The third-order valence-corrected chi connectivity index (χ3v) is 15.7. The maximum Gasteiger partial charge on any atom is 0.139 e. The molecule has 0 bridgehead atoms. The van der Waals surface area contributed by atoms with Crippen LogP contribution in [0.2, 0.25) is 0 Å². The van der Waals surface area contributed by atoms with Gasteiger partial charge in [-0.2, -0.15) is 0 Å². The molecular weight excluding hydrogens is 691 g/mol. The highest BCUT2D eigenvalue weighted by molar-refractivity contribution is 6.75. The third-order valence-electron chi connectivity index (χ3n) is 15.7. The van der Waals surface area contributed by atoms with Crippen molar-refractivity contribution >= 4 is 253 Å². The van der Waals surface area contributed by atoms with Crippen molar-refractivity contribution in [3.63, 3.8) is 0 Å². The van der Waals surface area contributed by atoms with E-state index in [0.29, 0.717) is 0 Å². The molecule has 9 aromatic carbocycles. The van der Waals surface area contributed by atoms with E-state index >= 15 is 0 Å². The van der Waals surface area contributed by atoms with Crippen molar-refractivity contribution in [2.75, 3.05) is 0 Å². The normalized spacial score (nSPS) is 11.7. The molecule has 0 heterocycles. The fraction of sp³-hybridized carbons (Fsp3) is 0. The van der Waals surface area contributed by atoms with E-state index in [1.165, 1.54) is 169 Å². The quantitative estimate of drug-likeness (QED) is 0.125. The van der Waals surface area contributed by atoms with E-state index in [0.717, 1.165) is 0 Å². The summed E-state index contributed by atoms with van der Waals surface area (Å²) in [6.45, 7) is 0. The van der Waals surface area contributed by atoms with Gasteiger partial charge in [-0.15, -0.1) is 38.2 Å². The van der Waals surface area contributed by atoms with Gasteiger partial charge in [-0.25, -0.2) is 0 Å². The lowest BCUT2D eigenvalue weighted by atomic mass is 9.56. The number of rotatable bonds is 3.